The highest BCUT2D eigenvalue weighted by Gasteiger charge is 2.13. The molecule has 0 atom stereocenters. The molecule has 2 aromatic carbocycles. The van der Waals surface area contributed by atoms with Crippen molar-refractivity contribution in [1.82, 2.24) is 0 Å². The van der Waals surface area contributed by atoms with Crippen LogP contribution in [0.3, 0.4) is 0 Å². The van der Waals surface area contributed by atoms with Crippen LogP contribution in [0.5, 0.6) is 0 Å². The van der Waals surface area contributed by atoms with Crippen LogP contribution in [0.4, 0.5) is 0 Å². The van der Waals surface area contributed by atoms with Crippen LogP contribution in [0.2, 0.25) is 0 Å². The second-order valence-electron chi connectivity index (χ2n) is 5.11. The molecular formula is C18H22OP+. The van der Waals surface area contributed by atoms with Gasteiger partial charge < -0.3 is 0 Å². The zero-order valence-electron chi connectivity index (χ0n) is 11.9. The van der Waals surface area contributed by atoms with Crippen LogP contribution in [0.25, 0.3) is 0 Å². The van der Waals surface area contributed by atoms with Crippen molar-refractivity contribution in [2.75, 3.05) is 12.3 Å². The summed E-state index contributed by atoms with van der Waals surface area (Å²) in [5.41, 5.74) is 2.69. The first-order chi connectivity index (χ1) is 9.84. The second-order valence-corrected chi connectivity index (χ2v) is 6.97. The molecule has 0 aliphatic rings. The minimum Gasteiger partial charge on any atom is -0.0748 e. The van der Waals surface area contributed by atoms with Crippen LogP contribution in [-0.4, -0.2) is 12.3 Å². The van der Waals surface area contributed by atoms with Crippen LogP contribution < -0.4 is 0 Å². The van der Waals surface area contributed by atoms with Gasteiger partial charge in [-0.1, -0.05) is 65.2 Å². The highest BCUT2D eigenvalue weighted by atomic mass is 31.1. The van der Waals surface area contributed by atoms with Gasteiger partial charge in [0.2, 0.25) is 0 Å². The topological polar surface area (TPSA) is 17.1 Å². The number of hydrogen-bond acceptors (Lipinski definition) is 1. The Kier molecular flexibility index (Phi) is 6.47. The van der Waals surface area contributed by atoms with Gasteiger partial charge in [-0.3, -0.25) is 0 Å². The van der Waals surface area contributed by atoms with E-state index in [1.54, 1.807) is 0 Å². The third-order valence-corrected chi connectivity index (χ3v) is 5.06. The molecule has 104 valence electrons. The van der Waals surface area contributed by atoms with E-state index in [9.17, 15) is 4.57 Å². The second kappa shape index (κ2) is 8.66. The molecule has 0 radical (unpaired) electrons. The third-order valence-electron chi connectivity index (χ3n) is 3.43. The molecule has 2 aromatic rings. The van der Waals surface area contributed by atoms with Crippen LogP contribution in [-0.2, 0) is 17.4 Å². The molecule has 0 saturated carbocycles. The van der Waals surface area contributed by atoms with E-state index in [-0.39, 0.29) is 0 Å². The first-order valence-electron chi connectivity index (χ1n) is 7.34. The lowest BCUT2D eigenvalue weighted by Crippen LogP contribution is -1.91. The van der Waals surface area contributed by atoms with Crippen molar-refractivity contribution in [2.45, 2.75) is 25.7 Å². The van der Waals surface area contributed by atoms with Crippen molar-refractivity contribution in [3.05, 3.63) is 71.8 Å². The van der Waals surface area contributed by atoms with E-state index in [2.05, 4.69) is 48.5 Å². The fourth-order valence-corrected chi connectivity index (χ4v) is 3.57. The molecule has 0 aromatic heterocycles. The zero-order chi connectivity index (χ0) is 14.0. The molecule has 2 rings (SSSR count). The van der Waals surface area contributed by atoms with Crippen molar-refractivity contribution in [2.24, 2.45) is 0 Å². The molecule has 0 heterocycles. The molecule has 0 aliphatic carbocycles. The first-order valence-corrected chi connectivity index (χ1v) is 8.97. The standard InChI is InChI=1S/C18H22OP/c19-20(15-7-13-17-9-3-1-4-10-17)16-8-14-18-11-5-2-6-12-18/h1-6,9-12H,7-8,13-16H2/q+1. The van der Waals surface area contributed by atoms with Gasteiger partial charge >= 0.3 is 7.80 Å². The monoisotopic (exact) mass is 285 g/mol. The summed E-state index contributed by atoms with van der Waals surface area (Å²) in [5.74, 6) is 0. The SMILES string of the molecule is O=[P+](CCCc1ccccc1)CCCc1ccccc1. The molecule has 0 amide bonds. The minimum atomic E-state index is -1.02. The normalized spacial score (nSPS) is 10.4. The number of hydrogen-bond donors (Lipinski definition) is 0. The number of benzene rings is 2. The van der Waals surface area contributed by atoms with Gasteiger partial charge in [-0.2, -0.15) is 0 Å². The Balaban J connectivity index is 1.59. The van der Waals surface area contributed by atoms with Crippen LogP contribution >= 0.6 is 7.80 Å². The van der Waals surface area contributed by atoms with Crippen molar-refractivity contribution in [3.8, 4) is 0 Å². The molecule has 0 aliphatic heterocycles. The summed E-state index contributed by atoms with van der Waals surface area (Å²) in [6.07, 6.45) is 5.87. The van der Waals surface area contributed by atoms with Crippen molar-refractivity contribution < 1.29 is 4.57 Å². The average Bonchev–Trinajstić information content (AvgIpc) is 2.49. The highest BCUT2D eigenvalue weighted by Crippen LogP contribution is 2.24. The number of rotatable bonds is 8. The smallest absolute Gasteiger partial charge is 0.0748 e. The highest BCUT2D eigenvalue weighted by molar-refractivity contribution is 7.44. The maximum Gasteiger partial charge on any atom is 0.338 e. The predicted octanol–water partition coefficient (Wildman–Crippen LogP) is 5.08. The molecule has 0 fully saturated rings. The van der Waals surface area contributed by atoms with Crippen molar-refractivity contribution in [3.63, 3.8) is 0 Å². The van der Waals surface area contributed by atoms with Crippen molar-refractivity contribution >= 4 is 7.80 Å². The van der Waals surface area contributed by atoms with E-state index >= 15 is 0 Å². The number of aryl methyl sites for hydroxylation is 2. The molecule has 20 heavy (non-hydrogen) atoms. The van der Waals surface area contributed by atoms with Gasteiger partial charge in [-0.25, -0.2) is 0 Å². The lowest BCUT2D eigenvalue weighted by molar-refractivity contribution is 0.584. The largest absolute Gasteiger partial charge is 0.338 e. The molecule has 0 N–H and O–H groups in total. The summed E-state index contributed by atoms with van der Waals surface area (Å²) < 4.78 is 12.0. The van der Waals surface area contributed by atoms with E-state index in [1.165, 1.54) is 11.1 Å². The average molecular weight is 285 g/mol. The molecule has 2 heteroatoms. The molecule has 0 spiro atoms. The summed E-state index contributed by atoms with van der Waals surface area (Å²) in [4.78, 5) is 0. The summed E-state index contributed by atoms with van der Waals surface area (Å²) in [7, 11) is -1.02. The Bertz CT molecular complexity index is 460. The summed E-state index contributed by atoms with van der Waals surface area (Å²) in [5, 5.41) is 0. The van der Waals surface area contributed by atoms with Crippen LogP contribution in [0.1, 0.15) is 24.0 Å². The Hall–Kier alpha value is -1.46. The van der Waals surface area contributed by atoms with E-state index in [0.29, 0.717) is 0 Å². The Morgan fingerprint density at radius 3 is 1.45 bits per heavy atom. The van der Waals surface area contributed by atoms with E-state index in [0.717, 1.165) is 38.0 Å². The van der Waals surface area contributed by atoms with Gasteiger partial charge in [0.25, 0.3) is 0 Å². The fraction of sp³-hybridized carbons (Fsp3) is 0.333. The molecule has 1 nitrogen and oxygen atoms in total. The molecule has 0 saturated heterocycles. The van der Waals surface area contributed by atoms with E-state index in [4.69, 9.17) is 0 Å². The Morgan fingerprint density at radius 1 is 0.650 bits per heavy atom. The Labute approximate surface area is 122 Å². The predicted molar refractivity (Wildman–Crippen MR) is 86.9 cm³/mol. The third kappa shape index (κ3) is 5.67. The summed E-state index contributed by atoms with van der Waals surface area (Å²) >= 11 is 0. The van der Waals surface area contributed by atoms with E-state index < -0.39 is 7.80 Å². The van der Waals surface area contributed by atoms with Crippen LogP contribution in [0, 0.1) is 0 Å². The van der Waals surface area contributed by atoms with Gasteiger partial charge in [-0.15, -0.1) is 0 Å². The lowest BCUT2D eigenvalue weighted by Gasteiger charge is -1.98. The lowest BCUT2D eigenvalue weighted by atomic mass is 10.1. The van der Waals surface area contributed by atoms with Gasteiger partial charge in [0.15, 0.2) is 0 Å². The maximum absolute atomic E-state index is 12.0. The molecule has 0 unspecified atom stereocenters. The maximum atomic E-state index is 12.0. The minimum absolute atomic E-state index is 0.860. The fourth-order valence-electron chi connectivity index (χ4n) is 2.32. The zero-order valence-corrected chi connectivity index (χ0v) is 12.8. The summed E-state index contributed by atoms with van der Waals surface area (Å²) in [6, 6.07) is 20.9. The quantitative estimate of drug-likeness (QED) is 0.618. The summed E-state index contributed by atoms with van der Waals surface area (Å²) in [6.45, 7) is 0. The van der Waals surface area contributed by atoms with Gasteiger partial charge in [0.05, 0.1) is 0 Å². The van der Waals surface area contributed by atoms with E-state index in [1.807, 2.05) is 12.1 Å². The van der Waals surface area contributed by atoms with Gasteiger partial charge in [-0.05, 0) is 36.8 Å². The van der Waals surface area contributed by atoms with Crippen LogP contribution in [0.15, 0.2) is 60.7 Å². The first kappa shape index (κ1) is 14.9. The molecular weight excluding hydrogens is 263 g/mol. The van der Waals surface area contributed by atoms with Gasteiger partial charge in [0, 0.05) is 0 Å². The van der Waals surface area contributed by atoms with Crippen molar-refractivity contribution in [1.29, 1.82) is 0 Å². The Morgan fingerprint density at radius 2 is 1.05 bits per heavy atom. The van der Waals surface area contributed by atoms with Gasteiger partial charge in [0.1, 0.15) is 12.3 Å². The molecule has 0 bridgehead atoms.